The van der Waals surface area contributed by atoms with Gasteiger partial charge < -0.3 is 9.64 Å². The highest BCUT2D eigenvalue weighted by atomic mass is 16.5. The van der Waals surface area contributed by atoms with E-state index in [0.717, 1.165) is 16.8 Å². The van der Waals surface area contributed by atoms with Gasteiger partial charge in [0.2, 0.25) is 5.69 Å². The minimum atomic E-state index is -0.304. The van der Waals surface area contributed by atoms with E-state index >= 15 is 0 Å². The van der Waals surface area contributed by atoms with Gasteiger partial charge in [0.15, 0.2) is 5.71 Å². The smallest absolute Gasteiger partial charge is 0.337 e. The van der Waals surface area contributed by atoms with E-state index in [4.69, 9.17) is 4.74 Å². The number of fused-ring (bicyclic) bond motifs is 1. The molecule has 0 radical (unpaired) electrons. The molecular weight excluding hydrogens is 336 g/mol. The predicted octanol–water partition coefficient (Wildman–Crippen LogP) is 4.26. The Kier molecular flexibility index (Phi) is 4.92. The molecule has 0 N–H and O–H groups in total. The van der Waals surface area contributed by atoms with Crippen molar-refractivity contribution in [2.45, 2.75) is 19.3 Å². The van der Waals surface area contributed by atoms with E-state index in [1.165, 1.54) is 18.5 Å². The first kappa shape index (κ1) is 18.9. The van der Waals surface area contributed by atoms with E-state index < -0.39 is 0 Å². The summed E-state index contributed by atoms with van der Waals surface area (Å²) in [5.74, 6) is -0.304. The molecule has 1 aliphatic heterocycles. The van der Waals surface area contributed by atoms with Crippen molar-refractivity contribution in [1.82, 2.24) is 0 Å². The normalized spacial score (nSPS) is 15.2. The highest BCUT2D eigenvalue weighted by Gasteiger charge is 2.43. The molecule has 0 saturated heterocycles. The molecule has 4 nitrogen and oxygen atoms in total. The Labute approximate surface area is 161 Å². The van der Waals surface area contributed by atoms with Crippen molar-refractivity contribution >= 4 is 29.1 Å². The number of allylic oxidation sites excluding steroid dienone is 1. The van der Waals surface area contributed by atoms with Crippen molar-refractivity contribution in [2.75, 3.05) is 33.2 Å². The van der Waals surface area contributed by atoms with Crippen LogP contribution in [0.5, 0.6) is 0 Å². The third-order valence-corrected chi connectivity index (χ3v) is 5.30. The van der Waals surface area contributed by atoms with Gasteiger partial charge in [0, 0.05) is 37.5 Å². The average Bonchev–Trinajstić information content (AvgIpc) is 2.85. The standard InChI is InChI=1S/C23H27N2O2/c1-23(2)19-15-17(22(26)27-6)10-13-20(19)25(5)21(23)14-9-16-7-11-18(12-8-16)24(3)4/h7-15H,1-6H3/q+1. The number of anilines is 1. The minimum Gasteiger partial charge on any atom is -0.465 e. The Bertz CT molecular complexity index is 935. The Balaban J connectivity index is 1.94. The van der Waals surface area contributed by atoms with Gasteiger partial charge in [-0.25, -0.2) is 4.79 Å². The zero-order valence-electron chi connectivity index (χ0n) is 16.9. The molecule has 1 aliphatic rings. The fraction of sp³-hybridized carbons (Fsp3) is 0.304. The number of esters is 1. The average molecular weight is 363 g/mol. The van der Waals surface area contributed by atoms with Gasteiger partial charge in [-0.05, 0) is 49.8 Å². The van der Waals surface area contributed by atoms with Gasteiger partial charge >= 0.3 is 5.97 Å². The number of carbonyl (C=O) groups is 1. The van der Waals surface area contributed by atoms with Crippen LogP contribution in [0.4, 0.5) is 11.4 Å². The number of rotatable bonds is 4. The van der Waals surface area contributed by atoms with Crippen molar-refractivity contribution in [3.63, 3.8) is 0 Å². The number of nitrogens with zero attached hydrogens (tertiary/aromatic N) is 2. The van der Waals surface area contributed by atoms with Crippen LogP contribution in [-0.2, 0) is 10.2 Å². The van der Waals surface area contributed by atoms with Gasteiger partial charge in [-0.2, -0.15) is 4.58 Å². The molecule has 0 amide bonds. The van der Waals surface area contributed by atoms with Gasteiger partial charge in [0.05, 0.1) is 18.1 Å². The summed E-state index contributed by atoms with van der Waals surface area (Å²) in [6.45, 7) is 4.37. The van der Waals surface area contributed by atoms with Gasteiger partial charge in [0.25, 0.3) is 0 Å². The van der Waals surface area contributed by atoms with E-state index in [2.05, 4.69) is 66.8 Å². The molecule has 0 atom stereocenters. The molecule has 0 unspecified atom stereocenters. The maximum Gasteiger partial charge on any atom is 0.337 e. The fourth-order valence-electron chi connectivity index (χ4n) is 3.64. The summed E-state index contributed by atoms with van der Waals surface area (Å²) < 4.78 is 7.07. The predicted molar refractivity (Wildman–Crippen MR) is 111 cm³/mol. The molecular formula is C23H27N2O2+. The molecule has 0 saturated carbocycles. The first-order valence-corrected chi connectivity index (χ1v) is 9.05. The Hall–Kier alpha value is -2.88. The third kappa shape index (κ3) is 3.39. The fourth-order valence-corrected chi connectivity index (χ4v) is 3.64. The molecule has 0 fully saturated rings. The van der Waals surface area contributed by atoms with Crippen LogP contribution in [0.3, 0.4) is 0 Å². The summed E-state index contributed by atoms with van der Waals surface area (Å²) in [4.78, 5) is 14.0. The Morgan fingerprint density at radius 2 is 1.74 bits per heavy atom. The maximum absolute atomic E-state index is 11.9. The van der Waals surface area contributed by atoms with E-state index in [-0.39, 0.29) is 11.4 Å². The van der Waals surface area contributed by atoms with Crippen LogP contribution in [0.2, 0.25) is 0 Å². The largest absolute Gasteiger partial charge is 0.465 e. The minimum absolute atomic E-state index is 0.200. The van der Waals surface area contributed by atoms with Crippen LogP contribution in [-0.4, -0.2) is 44.5 Å². The number of benzene rings is 2. The Morgan fingerprint density at radius 1 is 1.07 bits per heavy atom. The lowest BCUT2D eigenvalue weighted by Crippen LogP contribution is -2.26. The first-order chi connectivity index (χ1) is 12.8. The number of hydrogen-bond acceptors (Lipinski definition) is 3. The van der Waals surface area contributed by atoms with Crippen molar-refractivity contribution in [1.29, 1.82) is 0 Å². The SMILES string of the molecule is COC(=O)c1ccc2c(c1)C(C)(C)C(/C=C/c1ccc(N(C)C)cc1)=[N+]2C. The zero-order valence-corrected chi connectivity index (χ0v) is 16.9. The lowest BCUT2D eigenvalue weighted by atomic mass is 9.80. The van der Waals surface area contributed by atoms with Crippen LogP contribution >= 0.6 is 0 Å². The second kappa shape index (κ2) is 7.03. The van der Waals surface area contributed by atoms with Crippen molar-refractivity contribution < 1.29 is 14.1 Å². The van der Waals surface area contributed by atoms with Crippen molar-refractivity contribution in [2.24, 2.45) is 0 Å². The van der Waals surface area contributed by atoms with Crippen LogP contribution in [0.1, 0.15) is 35.3 Å². The number of carbonyl (C=O) groups excluding carboxylic acids is 1. The second-order valence-electron chi connectivity index (χ2n) is 7.61. The van der Waals surface area contributed by atoms with Gasteiger partial charge in [-0.1, -0.05) is 12.1 Å². The van der Waals surface area contributed by atoms with Gasteiger partial charge in [0.1, 0.15) is 7.05 Å². The van der Waals surface area contributed by atoms with Crippen LogP contribution < -0.4 is 4.90 Å². The van der Waals surface area contributed by atoms with E-state index in [1.54, 1.807) is 0 Å². The molecule has 27 heavy (non-hydrogen) atoms. The highest BCUT2D eigenvalue weighted by Crippen LogP contribution is 2.40. The highest BCUT2D eigenvalue weighted by molar-refractivity contribution is 6.05. The van der Waals surface area contributed by atoms with Crippen LogP contribution in [0, 0.1) is 0 Å². The summed E-state index contributed by atoms with van der Waals surface area (Å²) in [6.07, 6.45) is 4.31. The summed E-state index contributed by atoms with van der Waals surface area (Å²) in [5, 5.41) is 0. The monoisotopic (exact) mass is 363 g/mol. The number of hydrogen-bond donors (Lipinski definition) is 0. The molecule has 1 heterocycles. The topological polar surface area (TPSA) is 32.5 Å². The van der Waals surface area contributed by atoms with E-state index in [9.17, 15) is 4.79 Å². The summed E-state index contributed by atoms with van der Waals surface area (Å²) in [6, 6.07) is 14.2. The van der Waals surface area contributed by atoms with Gasteiger partial charge in [-0.3, -0.25) is 0 Å². The summed E-state index contributed by atoms with van der Waals surface area (Å²) in [7, 11) is 7.56. The molecule has 0 aliphatic carbocycles. The molecule has 0 aromatic heterocycles. The van der Waals surface area contributed by atoms with Crippen molar-refractivity contribution in [3.8, 4) is 0 Å². The van der Waals surface area contributed by atoms with Gasteiger partial charge in [-0.15, -0.1) is 0 Å². The second-order valence-corrected chi connectivity index (χ2v) is 7.61. The van der Waals surface area contributed by atoms with Crippen LogP contribution in [0.25, 0.3) is 6.08 Å². The third-order valence-electron chi connectivity index (χ3n) is 5.30. The molecule has 4 heteroatoms. The molecule has 2 aromatic carbocycles. The maximum atomic E-state index is 11.9. The molecule has 3 rings (SSSR count). The Morgan fingerprint density at radius 3 is 2.33 bits per heavy atom. The molecule has 2 aromatic rings. The molecule has 0 spiro atoms. The lowest BCUT2D eigenvalue weighted by Gasteiger charge is -2.16. The molecule has 140 valence electrons. The number of methoxy groups -OCH3 is 1. The lowest BCUT2D eigenvalue weighted by molar-refractivity contribution is -0.401. The number of ether oxygens (including phenoxy) is 1. The first-order valence-electron chi connectivity index (χ1n) is 9.05. The summed E-state index contributed by atoms with van der Waals surface area (Å²) in [5.41, 5.74) is 6.17. The van der Waals surface area contributed by atoms with E-state index in [0.29, 0.717) is 5.56 Å². The quantitative estimate of drug-likeness (QED) is 0.601. The van der Waals surface area contributed by atoms with Crippen molar-refractivity contribution in [3.05, 3.63) is 65.2 Å². The van der Waals surface area contributed by atoms with Crippen LogP contribution in [0.15, 0.2) is 48.5 Å². The zero-order chi connectivity index (χ0) is 19.8. The van der Waals surface area contributed by atoms with E-state index in [1.807, 2.05) is 32.3 Å². The molecule has 0 bridgehead atoms. The summed E-state index contributed by atoms with van der Waals surface area (Å²) >= 11 is 0.